The van der Waals surface area contributed by atoms with Crippen LogP contribution in [-0.4, -0.2) is 11.8 Å². The Kier molecular flexibility index (Phi) is 6.42. The fourth-order valence-electron chi connectivity index (χ4n) is 0.332. The van der Waals surface area contributed by atoms with E-state index in [4.69, 9.17) is 5.73 Å². The predicted octanol–water partition coefficient (Wildman–Crippen LogP) is 0.622. The number of nitrogens with two attached hydrogens (primary N) is 1. The van der Waals surface area contributed by atoms with Crippen molar-refractivity contribution < 1.29 is 4.79 Å². The van der Waals surface area contributed by atoms with Crippen LogP contribution >= 0.6 is 11.9 Å². The maximum absolute atomic E-state index is 10.0. The number of unbranched alkanes of at least 4 members (excludes halogenated alkanes) is 1. The highest BCUT2D eigenvalue weighted by Crippen LogP contribution is 1.98. The highest BCUT2D eigenvalue weighted by atomic mass is 32.2. The van der Waals surface area contributed by atoms with Crippen molar-refractivity contribution in [2.75, 3.05) is 5.75 Å². The molecule has 0 aromatic heterocycles. The van der Waals surface area contributed by atoms with E-state index in [0.29, 0.717) is 0 Å². The Labute approximate surface area is 65.0 Å². The summed E-state index contributed by atoms with van der Waals surface area (Å²) in [5, 5.41) is 0. The zero-order valence-corrected chi connectivity index (χ0v) is 6.78. The number of carbonyl (C=O) groups excluding carboxylic acids is 1. The summed E-state index contributed by atoms with van der Waals surface area (Å²) in [6.45, 7) is 2.10. The van der Waals surface area contributed by atoms with Gasteiger partial charge in [0.2, 0.25) is 0 Å². The first-order valence-electron chi connectivity index (χ1n) is 3.14. The van der Waals surface area contributed by atoms with Crippen LogP contribution in [0.15, 0.2) is 0 Å². The van der Waals surface area contributed by atoms with Gasteiger partial charge in [0.1, 0.15) is 0 Å². The molecule has 2 amide bonds. The number of primary amides is 1. The maximum Gasteiger partial charge on any atom is 0.328 e. The Bertz CT molecular complexity index is 98.9. The second kappa shape index (κ2) is 6.70. The molecule has 10 heavy (non-hydrogen) atoms. The summed E-state index contributed by atoms with van der Waals surface area (Å²) >= 11 is 1.32. The van der Waals surface area contributed by atoms with Crippen molar-refractivity contribution in [3.63, 3.8) is 0 Å². The molecule has 0 spiro atoms. The summed E-state index contributed by atoms with van der Waals surface area (Å²) in [7, 11) is 0. The lowest BCUT2D eigenvalue weighted by molar-refractivity contribution is 0.247. The largest absolute Gasteiger partial charge is 0.350 e. The number of hydrogen-bond donors (Lipinski definition) is 2. The zero-order valence-electron chi connectivity index (χ0n) is 5.96. The molecule has 0 rings (SSSR count). The summed E-state index contributed by atoms with van der Waals surface area (Å²) in [5.41, 5.74) is 6.88. The molecule has 0 saturated heterocycles. The van der Waals surface area contributed by atoms with Crippen LogP contribution in [0.2, 0.25) is 0 Å². The fourth-order valence-corrected chi connectivity index (χ4v) is 0.995. The van der Waals surface area contributed by atoms with Crippen molar-refractivity contribution in [2.45, 2.75) is 19.8 Å². The third-order valence-corrected chi connectivity index (χ3v) is 1.50. The van der Waals surface area contributed by atoms with Gasteiger partial charge in [-0.15, -0.1) is 0 Å². The Morgan fingerprint density at radius 1 is 1.80 bits per heavy atom. The number of nitrogens with one attached hydrogen (secondary N) is 1. The Morgan fingerprint density at radius 3 is 3.00 bits per heavy atom. The highest BCUT2D eigenvalue weighted by Gasteiger charge is 1.90. The van der Waals surface area contributed by atoms with E-state index in [9.17, 15) is 4.79 Å². The summed E-state index contributed by atoms with van der Waals surface area (Å²) in [6.07, 6.45) is 2.24. The molecule has 0 heterocycles. The van der Waals surface area contributed by atoms with Gasteiger partial charge in [0.15, 0.2) is 0 Å². The smallest absolute Gasteiger partial charge is 0.328 e. The predicted molar refractivity (Wildman–Crippen MR) is 42.2 cm³/mol. The number of carbonyl (C=O) groups is 1. The van der Waals surface area contributed by atoms with Gasteiger partial charge in [-0.3, -0.25) is 0 Å². The summed E-state index contributed by atoms with van der Waals surface area (Å²) in [5.74, 6) is 0.927. The first-order valence-corrected chi connectivity index (χ1v) is 4.09. The van der Waals surface area contributed by atoms with Gasteiger partial charge in [0.25, 0.3) is 0 Å². The topological polar surface area (TPSA) is 69.2 Å². The standard InChI is InChI=1S/C5H12N3OS/c1-2-3-4-10-8-7-5(6)9/h2-4H2,1H3,(H3,6,7,9). The van der Waals surface area contributed by atoms with Crippen LogP contribution in [0.25, 0.3) is 0 Å². The van der Waals surface area contributed by atoms with Crippen molar-refractivity contribution in [1.82, 2.24) is 10.3 Å². The van der Waals surface area contributed by atoms with Gasteiger partial charge in [-0.2, -0.15) is 0 Å². The van der Waals surface area contributed by atoms with Crippen LogP contribution in [0.3, 0.4) is 0 Å². The van der Waals surface area contributed by atoms with Crippen LogP contribution in [0.4, 0.5) is 4.79 Å². The highest BCUT2D eigenvalue weighted by molar-refractivity contribution is 7.97. The monoisotopic (exact) mass is 162 g/mol. The average Bonchev–Trinajstić information content (AvgIpc) is 1.87. The van der Waals surface area contributed by atoms with Crippen molar-refractivity contribution in [3.05, 3.63) is 0 Å². The Morgan fingerprint density at radius 2 is 2.50 bits per heavy atom. The molecule has 1 radical (unpaired) electrons. The van der Waals surface area contributed by atoms with Crippen molar-refractivity contribution >= 4 is 18.0 Å². The third-order valence-electron chi connectivity index (χ3n) is 0.810. The number of hydrogen-bond acceptors (Lipinski definition) is 2. The summed E-state index contributed by atoms with van der Waals surface area (Å²) < 4.78 is 0. The zero-order chi connectivity index (χ0) is 7.82. The molecule has 0 atom stereocenters. The lowest BCUT2D eigenvalue weighted by Gasteiger charge is -1.97. The van der Waals surface area contributed by atoms with E-state index in [1.807, 2.05) is 0 Å². The minimum Gasteiger partial charge on any atom is -0.350 e. The van der Waals surface area contributed by atoms with E-state index in [-0.39, 0.29) is 0 Å². The molecule has 3 N–H and O–H groups in total. The number of rotatable bonds is 5. The molecule has 59 valence electrons. The number of nitrogens with zero attached hydrogens (tertiary/aromatic N) is 1. The number of amides is 2. The van der Waals surface area contributed by atoms with Crippen LogP contribution < -0.4 is 16.0 Å². The molecule has 0 aliphatic heterocycles. The van der Waals surface area contributed by atoms with E-state index in [2.05, 4.69) is 17.2 Å². The van der Waals surface area contributed by atoms with Gasteiger partial charge < -0.3 is 5.73 Å². The van der Waals surface area contributed by atoms with Crippen molar-refractivity contribution in [1.29, 1.82) is 0 Å². The van der Waals surface area contributed by atoms with E-state index in [1.54, 1.807) is 0 Å². The molecule has 0 aliphatic carbocycles. The molecule has 0 aromatic carbocycles. The summed E-state index contributed by atoms with van der Waals surface area (Å²) in [4.78, 5) is 13.6. The third kappa shape index (κ3) is 7.58. The van der Waals surface area contributed by atoms with Crippen molar-refractivity contribution in [2.24, 2.45) is 5.73 Å². The van der Waals surface area contributed by atoms with Gasteiger partial charge in [0.05, 0.1) is 0 Å². The minimum absolute atomic E-state index is 0.607. The fraction of sp³-hybridized carbons (Fsp3) is 0.800. The van der Waals surface area contributed by atoms with Crippen LogP contribution in [-0.2, 0) is 0 Å². The summed E-state index contributed by atoms with van der Waals surface area (Å²) in [6, 6.07) is -0.607. The minimum atomic E-state index is -0.607. The molecule has 0 saturated carbocycles. The number of urea groups is 1. The second-order valence-corrected chi connectivity index (χ2v) is 2.60. The molecule has 0 bridgehead atoms. The first kappa shape index (κ1) is 9.58. The second-order valence-electron chi connectivity index (χ2n) is 1.75. The maximum atomic E-state index is 10.0. The Hall–Kier alpha value is -0.420. The van der Waals surface area contributed by atoms with E-state index >= 15 is 0 Å². The van der Waals surface area contributed by atoms with Crippen LogP contribution in [0.1, 0.15) is 19.8 Å². The van der Waals surface area contributed by atoms with Crippen LogP contribution in [0, 0.1) is 0 Å². The molecule has 0 fully saturated rings. The van der Waals surface area contributed by atoms with Gasteiger partial charge in [-0.25, -0.2) is 10.2 Å². The normalized spacial score (nSPS) is 9.30. The molecule has 0 unspecified atom stereocenters. The molecular formula is C5H12N3OS. The van der Waals surface area contributed by atoms with Gasteiger partial charge in [0, 0.05) is 5.75 Å². The van der Waals surface area contributed by atoms with Gasteiger partial charge >= 0.3 is 6.03 Å². The van der Waals surface area contributed by atoms with Crippen LogP contribution in [0.5, 0.6) is 0 Å². The lowest BCUT2D eigenvalue weighted by Crippen LogP contribution is -2.32. The molecule has 4 nitrogen and oxygen atoms in total. The van der Waals surface area contributed by atoms with E-state index < -0.39 is 6.03 Å². The lowest BCUT2D eigenvalue weighted by atomic mass is 10.4. The van der Waals surface area contributed by atoms with Crippen molar-refractivity contribution in [3.8, 4) is 0 Å². The quantitative estimate of drug-likeness (QED) is 0.353. The van der Waals surface area contributed by atoms with Gasteiger partial charge in [-0.05, 0) is 18.4 Å². The average molecular weight is 162 g/mol. The van der Waals surface area contributed by atoms with E-state index in [1.165, 1.54) is 11.9 Å². The SMILES string of the molecule is CCCCS[N]NC(N)=O. The van der Waals surface area contributed by atoms with Gasteiger partial charge in [-0.1, -0.05) is 18.2 Å². The Balaban J connectivity index is 2.84. The molecular weight excluding hydrogens is 150 g/mol. The van der Waals surface area contributed by atoms with E-state index in [0.717, 1.165) is 18.6 Å². The molecule has 0 aromatic rings. The molecule has 0 aliphatic rings. The molecule has 5 heteroatoms. The first-order chi connectivity index (χ1) is 4.77.